The lowest BCUT2D eigenvalue weighted by Crippen LogP contribution is -2.04. The van der Waals surface area contributed by atoms with Crippen molar-refractivity contribution >= 4 is 0 Å². The van der Waals surface area contributed by atoms with E-state index < -0.39 is 0 Å². The maximum absolute atomic E-state index is 9.65. The number of hydrogen-bond donors (Lipinski definition) is 1. The van der Waals surface area contributed by atoms with Gasteiger partial charge >= 0.3 is 0 Å². The second kappa shape index (κ2) is 8.02. The van der Waals surface area contributed by atoms with Crippen LogP contribution in [0.4, 0.5) is 0 Å². The van der Waals surface area contributed by atoms with E-state index in [1.165, 1.54) is 16.7 Å². The molecule has 23 heavy (non-hydrogen) atoms. The third-order valence-corrected chi connectivity index (χ3v) is 4.22. The summed E-state index contributed by atoms with van der Waals surface area (Å²) in [6.45, 7) is 6.58. The van der Waals surface area contributed by atoms with Crippen molar-refractivity contribution in [2.24, 2.45) is 0 Å². The zero-order valence-corrected chi connectivity index (χ0v) is 14.4. The molecule has 0 aliphatic heterocycles. The van der Waals surface area contributed by atoms with Crippen LogP contribution in [-0.4, -0.2) is 19.0 Å². The maximum Gasteiger partial charge on any atom is 0.188 e. The van der Waals surface area contributed by atoms with Gasteiger partial charge in [-0.1, -0.05) is 38.1 Å². The first-order valence-corrected chi connectivity index (χ1v) is 8.08. The van der Waals surface area contributed by atoms with Crippen molar-refractivity contribution in [2.45, 2.75) is 39.5 Å². The fourth-order valence-electron chi connectivity index (χ4n) is 2.63. The highest BCUT2D eigenvalue weighted by Gasteiger charge is 2.12. The highest BCUT2D eigenvalue weighted by molar-refractivity contribution is 5.42. The first-order chi connectivity index (χ1) is 11.0. The van der Waals surface area contributed by atoms with Crippen molar-refractivity contribution < 1.29 is 14.6 Å². The average molecular weight is 314 g/mol. The summed E-state index contributed by atoms with van der Waals surface area (Å²) in [5.74, 6) is 1.67. The van der Waals surface area contributed by atoms with Gasteiger partial charge in [0.15, 0.2) is 6.79 Å². The molecule has 2 aromatic carbocycles. The molecule has 0 amide bonds. The van der Waals surface area contributed by atoms with E-state index in [0.29, 0.717) is 11.7 Å². The van der Waals surface area contributed by atoms with Crippen molar-refractivity contribution in [3.05, 3.63) is 58.7 Å². The minimum atomic E-state index is 0.264. The Morgan fingerprint density at radius 2 is 1.78 bits per heavy atom. The van der Waals surface area contributed by atoms with Crippen LogP contribution in [0.5, 0.6) is 11.5 Å². The molecule has 0 radical (unpaired) electrons. The topological polar surface area (TPSA) is 38.7 Å². The van der Waals surface area contributed by atoms with Crippen LogP contribution in [0.3, 0.4) is 0 Å². The minimum Gasteiger partial charge on any atom is -0.508 e. The Bertz CT molecular complexity index is 649. The lowest BCUT2D eigenvalue weighted by Gasteiger charge is -2.17. The number of benzene rings is 2. The van der Waals surface area contributed by atoms with Gasteiger partial charge in [-0.25, -0.2) is 0 Å². The van der Waals surface area contributed by atoms with E-state index in [2.05, 4.69) is 26.0 Å². The second-order valence-electron chi connectivity index (χ2n) is 6.03. The molecule has 0 spiro atoms. The molecule has 2 aromatic rings. The Morgan fingerprint density at radius 1 is 1.09 bits per heavy atom. The third kappa shape index (κ3) is 4.49. The normalized spacial score (nSPS) is 12.2. The summed E-state index contributed by atoms with van der Waals surface area (Å²) in [6, 6.07) is 12.1. The Kier molecular flexibility index (Phi) is 6.05. The number of methoxy groups -OCH3 is 1. The van der Waals surface area contributed by atoms with Crippen molar-refractivity contribution in [2.75, 3.05) is 13.9 Å². The van der Waals surface area contributed by atoms with Gasteiger partial charge in [0.05, 0.1) is 0 Å². The van der Waals surface area contributed by atoms with Crippen LogP contribution < -0.4 is 4.74 Å². The molecule has 3 heteroatoms. The van der Waals surface area contributed by atoms with E-state index in [1.54, 1.807) is 13.2 Å². The molecule has 1 N–H and O–H groups in total. The van der Waals surface area contributed by atoms with Gasteiger partial charge in [0.25, 0.3) is 0 Å². The molecule has 0 aliphatic rings. The van der Waals surface area contributed by atoms with E-state index in [9.17, 15) is 5.11 Å². The Morgan fingerprint density at radius 3 is 2.43 bits per heavy atom. The molecule has 0 bridgehead atoms. The van der Waals surface area contributed by atoms with Crippen molar-refractivity contribution in [1.82, 2.24) is 0 Å². The molecule has 0 aliphatic carbocycles. The zero-order chi connectivity index (χ0) is 16.8. The zero-order valence-electron chi connectivity index (χ0n) is 14.4. The van der Waals surface area contributed by atoms with Crippen LogP contribution >= 0.6 is 0 Å². The molecule has 0 aromatic heterocycles. The number of aryl methyl sites for hydroxylation is 1. The maximum atomic E-state index is 9.65. The Hall–Kier alpha value is -2.00. The number of rotatable bonds is 7. The van der Waals surface area contributed by atoms with Crippen LogP contribution in [0.25, 0.3) is 0 Å². The van der Waals surface area contributed by atoms with E-state index in [4.69, 9.17) is 9.47 Å². The van der Waals surface area contributed by atoms with Gasteiger partial charge in [0.1, 0.15) is 11.5 Å². The predicted octanol–water partition coefficient (Wildman–Crippen LogP) is 4.79. The molecule has 1 unspecified atom stereocenters. The SMILES string of the molecule is CCC(C)c1cc(Cc2ccc(O)c(C)c2)ccc1OCOC. The molecule has 1 atom stereocenters. The smallest absolute Gasteiger partial charge is 0.188 e. The summed E-state index contributed by atoms with van der Waals surface area (Å²) in [7, 11) is 1.63. The number of aromatic hydroxyl groups is 1. The quantitative estimate of drug-likeness (QED) is 0.747. The molecular weight excluding hydrogens is 288 g/mol. The highest BCUT2D eigenvalue weighted by atomic mass is 16.7. The summed E-state index contributed by atoms with van der Waals surface area (Å²) in [4.78, 5) is 0. The summed E-state index contributed by atoms with van der Waals surface area (Å²) in [5, 5.41) is 9.65. The third-order valence-electron chi connectivity index (χ3n) is 4.22. The molecule has 0 saturated heterocycles. The predicted molar refractivity (Wildman–Crippen MR) is 93.3 cm³/mol. The van der Waals surface area contributed by atoms with Gasteiger partial charge in [-0.3, -0.25) is 0 Å². The summed E-state index contributed by atoms with van der Waals surface area (Å²) >= 11 is 0. The van der Waals surface area contributed by atoms with E-state index >= 15 is 0 Å². The van der Waals surface area contributed by atoms with Gasteiger partial charge in [0, 0.05) is 7.11 Å². The summed E-state index contributed by atoms with van der Waals surface area (Å²) < 4.78 is 10.7. The van der Waals surface area contributed by atoms with Crippen molar-refractivity contribution in [3.8, 4) is 11.5 Å². The first kappa shape index (κ1) is 17.4. The van der Waals surface area contributed by atoms with Gasteiger partial charge in [-0.05, 0) is 60.1 Å². The molecule has 0 fully saturated rings. The van der Waals surface area contributed by atoms with Crippen LogP contribution in [0, 0.1) is 6.92 Å². The fourth-order valence-corrected chi connectivity index (χ4v) is 2.63. The van der Waals surface area contributed by atoms with Gasteiger partial charge in [-0.15, -0.1) is 0 Å². The molecular formula is C20H26O3. The van der Waals surface area contributed by atoms with E-state index in [1.807, 2.05) is 25.1 Å². The van der Waals surface area contributed by atoms with Crippen LogP contribution in [-0.2, 0) is 11.2 Å². The van der Waals surface area contributed by atoms with Crippen LogP contribution in [0.1, 0.15) is 48.4 Å². The van der Waals surface area contributed by atoms with Gasteiger partial charge < -0.3 is 14.6 Å². The number of phenolic OH excluding ortho intramolecular Hbond substituents is 1. The minimum absolute atomic E-state index is 0.264. The average Bonchev–Trinajstić information content (AvgIpc) is 2.56. The van der Waals surface area contributed by atoms with Crippen LogP contribution in [0.2, 0.25) is 0 Å². The molecule has 124 valence electrons. The molecule has 0 heterocycles. The van der Waals surface area contributed by atoms with E-state index in [-0.39, 0.29) is 6.79 Å². The largest absolute Gasteiger partial charge is 0.508 e. The van der Waals surface area contributed by atoms with Crippen molar-refractivity contribution in [1.29, 1.82) is 0 Å². The molecule has 3 nitrogen and oxygen atoms in total. The van der Waals surface area contributed by atoms with Crippen LogP contribution in [0.15, 0.2) is 36.4 Å². The van der Waals surface area contributed by atoms with E-state index in [0.717, 1.165) is 24.2 Å². The van der Waals surface area contributed by atoms with Crippen molar-refractivity contribution in [3.63, 3.8) is 0 Å². The number of hydrogen-bond acceptors (Lipinski definition) is 3. The first-order valence-electron chi connectivity index (χ1n) is 8.08. The highest BCUT2D eigenvalue weighted by Crippen LogP contribution is 2.31. The second-order valence-corrected chi connectivity index (χ2v) is 6.03. The van der Waals surface area contributed by atoms with Gasteiger partial charge in [-0.2, -0.15) is 0 Å². The number of phenols is 1. The summed E-state index contributed by atoms with van der Waals surface area (Å²) in [6.07, 6.45) is 1.90. The lowest BCUT2D eigenvalue weighted by molar-refractivity contribution is 0.0502. The lowest BCUT2D eigenvalue weighted by atomic mass is 9.93. The monoisotopic (exact) mass is 314 g/mol. The molecule has 2 rings (SSSR count). The standard InChI is InChI=1S/C20H26O3/c1-5-14(2)18-12-17(7-9-20(18)23-13-22-4)11-16-6-8-19(21)15(3)10-16/h6-10,12,14,21H,5,11,13H2,1-4H3. The Balaban J connectivity index is 2.26. The summed E-state index contributed by atoms with van der Waals surface area (Å²) in [5.41, 5.74) is 4.57. The number of ether oxygens (including phenoxy) is 2. The molecule has 0 saturated carbocycles. The fraction of sp³-hybridized carbons (Fsp3) is 0.400. The Labute approximate surface area is 138 Å². The van der Waals surface area contributed by atoms with Gasteiger partial charge in [0.2, 0.25) is 0 Å².